The van der Waals surface area contributed by atoms with E-state index in [1.54, 1.807) is 6.07 Å². The number of rotatable bonds is 3. The maximum Gasteiger partial charge on any atom is 0.340 e. The molecular formula is C6H7NO3. The van der Waals surface area contributed by atoms with E-state index in [9.17, 15) is 4.79 Å². The van der Waals surface area contributed by atoms with Gasteiger partial charge in [0.1, 0.15) is 6.07 Å². The number of carbonyl (C=O) groups excluding carboxylic acids is 1. The van der Waals surface area contributed by atoms with Crippen LogP contribution in [-0.4, -0.2) is 23.8 Å². The van der Waals surface area contributed by atoms with E-state index in [4.69, 9.17) is 10.4 Å². The van der Waals surface area contributed by atoms with Crippen LogP contribution in [-0.2, 0) is 9.53 Å². The molecule has 0 aromatic carbocycles. The van der Waals surface area contributed by atoms with Crippen molar-refractivity contribution in [2.45, 2.75) is 6.10 Å². The lowest BCUT2D eigenvalue weighted by Gasteiger charge is -2.01. The van der Waals surface area contributed by atoms with Gasteiger partial charge in [-0.25, -0.2) is 4.79 Å². The van der Waals surface area contributed by atoms with Crippen molar-refractivity contribution >= 4 is 5.97 Å². The molecule has 1 unspecified atom stereocenters. The van der Waals surface area contributed by atoms with Crippen LogP contribution in [0, 0.1) is 11.3 Å². The smallest absolute Gasteiger partial charge is 0.340 e. The van der Waals surface area contributed by atoms with Crippen LogP contribution in [0.5, 0.6) is 0 Å². The Morgan fingerprint density at radius 3 is 3.00 bits per heavy atom. The first-order valence-electron chi connectivity index (χ1n) is 2.56. The Morgan fingerprint density at radius 2 is 2.60 bits per heavy atom. The molecule has 1 N–H and O–H groups in total. The fourth-order valence-corrected chi connectivity index (χ4v) is 0.285. The molecule has 1 atom stereocenters. The van der Waals surface area contributed by atoms with Crippen LogP contribution in [0.15, 0.2) is 12.7 Å². The Labute approximate surface area is 58.3 Å². The number of carbonyl (C=O) groups is 1. The zero-order valence-electron chi connectivity index (χ0n) is 5.28. The molecule has 0 bridgehead atoms. The second kappa shape index (κ2) is 4.53. The molecule has 0 aromatic rings. The summed E-state index contributed by atoms with van der Waals surface area (Å²) in [5.74, 6) is -0.850. The Bertz CT molecular complexity index is 170. The second-order valence-electron chi connectivity index (χ2n) is 1.45. The number of esters is 1. The van der Waals surface area contributed by atoms with E-state index in [0.717, 1.165) is 6.08 Å². The van der Waals surface area contributed by atoms with E-state index in [-0.39, 0.29) is 6.61 Å². The van der Waals surface area contributed by atoms with Gasteiger partial charge in [-0.05, 0) is 0 Å². The fraction of sp³-hybridized carbons (Fsp3) is 0.333. The number of aliphatic hydroxyl groups excluding tert-OH is 1. The van der Waals surface area contributed by atoms with Crippen molar-refractivity contribution in [2.75, 3.05) is 6.61 Å². The van der Waals surface area contributed by atoms with Gasteiger partial charge in [-0.1, -0.05) is 12.7 Å². The van der Waals surface area contributed by atoms with Crippen LogP contribution in [0.1, 0.15) is 0 Å². The molecule has 0 aliphatic heterocycles. The monoisotopic (exact) mass is 141 g/mol. The van der Waals surface area contributed by atoms with Crippen LogP contribution >= 0.6 is 0 Å². The quantitative estimate of drug-likeness (QED) is 0.429. The van der Waals surface area contributed by atoms with Crippen molar-refractivity contribution in [3.8, 4) is 6.07 Å². The molecule has 54 valence electrons. The minimum atomic E-state index is -1.33. The van der Waals surface area contributed by atoms with Gasteiger partial charge in [0.2, 0.25) is 0 Å². The lowest BCUT2D eigenvalue weighted by atomic mass is 10.4. The van der Waals surface area contributed by atoms with Gasteiger partial charge < -0.3 is 9.84 Å². The highest BCUT2D eigenvalue weighted by Gasteiger charge is 2.10. The van der Waals surface area contributed by atoms with Gasteiger partial charge in [-0.3, -0.25) is 0 Å². The summed E-state index contributed by atoms with van der Waals surface area (Å²) < 4.78 is 4.22. The topological polar surface area (TPSA) is 70.3 Å². The number of hydrogen-bond acceptors (Lipinski definition) is 4. The molecule has 0 saturated carbocycles. The van der Waals surface area contributed by atoms with E-state index < -0.39 is 12.1 Å². The van der Waals surface area contributed by atoms with Crippen LogP contribution in [0.3, 0.4) is 0 Å². The highest BCUT2D eigenvalue weighted by atomic mass is 16.5. The summed E-state index contributed by atoms with van der Waals surface area (Å²) in [4.78, 5) is 10.4. The maximum absolute atomic E-state index is 10.4. The predicted octanol–water partition coefficient (Wildman–Crippen LogP) is -0.400. The minimum Gasteiger partial charge on any atom is -0.448 e. The average Bonchev–Trinajstić information content (AvgIpc) is 1.98. The summed E-state index contributed by atoms with van der Waals surface area (Å²) in [7, 11) is 0. The van der Waals surface area contributed by atoms with Gasteiger partial charge in [-0.15, -0.1) is 0 Å². The second-order valence-corrected chi connectivity index (χ2v) is 1.45. The van der Waals surface area contributed by atoms with Gasteiger partial charge in [0.15, 0.2) is 12.7 Å². The van der Waals surface area contributed by atoms with Gasteiger partial charge in [-0.2, -0.15) is 5.26 Å². The zero-order valence-corrected chi connectivity index (χ0v) is 5.28. The summed E-state index contributed by atoms with van der Waals surface area (Å²) >= 11 is 0. The van der Waals surface area contributed by atoms with Crippen molar-refractivity contribution in [3.63, 3.8) is 0 Å². The van der Waals surface area contributed by atoms with Gasteiger partial charge in [0.25, 0.3) is 0 Å². The molecule has 0 aliphatic rings. The molecule has 0 rings (SSSR count). The third kappa shape index (κ3) is 2.84. The van der Waals surface area contributed by atoms with Crippen molar-refractivity contribution in [1.82, 2.24) is 0 Å². The number of ether oxygens (including phenoxy) is 1. The normalized spacial score (nSPS) is 11.2. The van der Waals surface area contributed by atoms with E-state index in [1.807, 2.05) is 0 Å². The molecular weight excluding hydrogens is 134 g/mol. The van der Waals surface area contributed by atoms with Crippen LogP contribution < -0.4 is 0 Å². The highest BCUT2D eigenvalue weighted by molar-refractivity contribution is 5.76. The molecule has 0 radical (unpaired) electrons. The summed E-state index contributed by atoms with van der Waals surface area (Å²) in [5, 5.41) is 16.6. The van der Waals surface area contributed by atoms with Gasteiger partial charge >= 0.3 is 5.97 Å². The Hall–Kier alpha value is -1.34. The lowest BCUT2D eigenvalue weighted by Crippen LogP contribution is -2.20. The molecule has 0 amide bonds. The highest BCUT2D eigenvalue weighted by Crippen LogP contribution is 1.87. The van der Waals surface area contributed by atoms with Crippen molar-refractivity contribution in [2.24, 2.45) is 0 Å². The summed E-state index contributed by atoms with van der Waals surface area (Å²) in [6.07, 6.45) is -0.298. The van der Waals surface area contributed by atoms with E-state index in [0.29, 0.717) is 0 Å². The Kier molecular flexibility index (Phi) is 3.92. The Morgan fingerprint density at radius 1 is 2.00 bits per heavy atom. The molecule has 0 fully saturated rings. The first-order chi connectivity index (χ1) is 4.72. The molecule has 0 aliphatic carbocycles. The molecule has 4 nitrogen and oxygen atoms in total. The van der Waals surface area contributed by atoms with Crippen LogP contribution in [0.2, 0.25) is 0 Å². The Balaban J connectivity index is 3.64. The van der Waals surface area contributed by atoms with Crippen molar-refractivity contribution in [1.29, 1.82) is 5.26 Å². The maximum atomic E-state index is 10.4. The molecule has 0 heterocycles. The molecule has 0 spiro atoms. The standard InChI is InChI=1S/C6H7NO3/c1-2-5(8)6(9)10-4-3-7/h2,5,8H,1,4H2. The molecule has 10 heavy (non-hydrogen) atoms. The van der Waals surface area contributed by atoms with E-state index in [1.165, 1.54) is 0 Å². The molecule has 4 heteroatoms. The largest absolute Gasteiger partial charge is 0.448 e. The molecule has 0 saturated heterocycles. The minimum absolute atomic E-state index is 0.344. The first-order valence-corrected chi connectivity index (χ1v) is 2.56. The number of aliphatic hydroxyl groups is 1. The van der Waals surface area contributed by atoms with Crippen LogP contribution in [0.4, 0.5) is 0 Å². The third-order valence-corrected chi connectivity index (χ3v) is 0.744. The summed E-state index contributed by atoms with van der Waals surface area (Å²) in [6.45, 7) is 2.81. The van der Waals surface area contributed by atoms with Crippen molar-refractivity contribution < 1.29 is 14.6 Å². The predicted molar refractivity (Wildman–Crippen MR) is 32.8 cm³/mol. The number of nitriles is 1. The number of nitrogens with zero attached hydrogens (tertiary/aromatic N) is 1. The number of hydrogen-bond donors (Lipinski definition) is 1. The van der Waals surface area contributed by atoms with Gasteiger partial charge in [0.05, 0.1) is 0 Å². The van der Waals surface area contributed by atoms with Gasteiger partial charge in [0, 0.05) is 0 Å². The molecule has 0 aromatic heterocycles. The SMILES string of the molecule is C=CC(O)C(=O)OCC#N. The first kappa shape index (κ1) is 8.66. The third-order valence-electron chi connectivity index (χ3n) is 0.744. The van der Waals surface area contributed by atoms with E-state index in [2.05, 4.69) is 11.3 Å². The van der Waals surface area contributed by atoms with E-state index >= 15 is 0 Å². The fourth-order valence-electron chi connectivity index (χ4n) is 0.285. The summed E-state index contributed by atoms with van der Waals surface area (Å²) in [6, 6.07) is 1.59. The van der Waals surface area contributed by atoms with Crippen molar-refractivity contribution in [3.05, 3.63) is 12.7 Å². The zero-order chi connectivity index (χ0) is 7.98. The average molecular weight is 141 g/mol. The summed E-state index contributed by atoms with van der Waals surface area (Å²) in [5.41, 5.74) is 0. The lowest BCUT2D eigenvalue weighted by molar-refractivity contribution is -0.149. The van der Waals surface area contributed by atoms with Crippen LogP contribution in [0.25, 0.3) is 0 Å².